The van der Waals surface area contributed by atoms with E-state index in [2.05, 4.69) is 4.74 Å². The van der Waals surface area contributed by atoms with Crippen molar-refractivity contribution in [1.29, 1.82) is 0 Å². The summed E-state index contributed by atoms with van der Waals surface area (Å²) in [5, 5.41) is 0. The van der Waals surface area contributed by atoms with Gasteiger partial charge in [0.2, 0.25) is 0 Å². The van der Waals surface area contributed by atoms with Crippen LogP contribution in [0.4, 0.5) is 0 Å². The number of thioether (sulfide) groups is 1. The quantitative estimate of drug-likeness (QED) is 0.501. The fourth-order valence-electron chi connectivity index (χ4n) is 1.29. The summed E-state index contributed by atoms with van der Waals surface area (Å²) in [5.74, 6) is -0.306. The van der Waals surface area contributed by atoms with Gasteiger partial charge in [-0.25, -0.2) is 0 Å². The van der Waals surface area contributed by atoms with Gasteiger partial charge in [0.25, 0.3) is 0 Å². The van der Waals surface area contributed by atoms with Gasteiger partial charge in [-0.1, -0.05) is 6.92 Å². The molecule has 0 N–H and O–H groups in total. The minimum atomic E-state index is -0.600. The molecule has 2 unspecified atom stereocenters. The summed E-state index contributed by atoms with van der Waals surface area (Å²) in [4.78, 5) is 22.4. The Bertz CT molecular complexity index is 191. The predicted molar refractivity (Wildman–Crippen MR) is 53.7 cm³/mol. The lowest BCUT2D eigenvalue weighted by molar-refractivity contribution is -0.150. The maximum atomic E-state index is 11.2. The second-order valence-corrected chi connectivity index (χ2v) is 3.95. The third kappa shape index (κ3) is 3.81. The van der Waals surface area contributed by atoms with E-state index in [4.69, 9.17) is 0 Å². The number of carbonyl (C=O) groups is 2. The Morgan fingerprint density at radius 2 is 2.00 bits per heavy atom. The van der Waals surface area contributed by atoms with E-state index < -0.39 is 11.9 Å². The Balaban J connectivity index is 4.41. The molecule has 0 saturated heterocycles. The zero-order chi connectivity index (χ0) is 10.4. The molecule has 0 spiro atoms. The Hall–Kier alpha value is -0.510. The molecule has 0 fully saturated rings. The summed E-state index contributed by atoms with van der Waals surface area (Å²) in [6.07, 6.45) is 1.95. The van der Waals surface area contributed by atoms with E-state index in [0.717, 1.165) is 5.75 Å². The number of carbonyl (C=O) groups excluding carboxylic acids is 2. The smallest absolute Gasteiger partial charge is 0.316 e. The number of Topliss-reactive ketones (excluding diaryl/α,β-unsaturated/α-hetero) is 1. The molecule has 76 valence electrons. The number of methoxy groups -OCH3 is 1. The van der Waals surface area contributed by atoms with Crippen molar-refractivity contribution in [3.8, 4) is 0 Å². The first-order valence-corrected chi connectivity index (χ1v) is 5.51. The van der Waals surface area contributed by atoms with Crippen molar-refractivity contribution in [3.05, 3.63) is 0 Å². The maximum absolute atomic E-state index is 11.2. The van der Waals surface area contributed by atoms with Crippen LogP contribution in [-0.4, -0.2) is 30.9 Å². The minimum absolute atomic E-state index is 0.0416. The Morgan fingerprint density at radius 1 is 1.46 bits per heavy atom. The lowest BCUT2D eigenvalue weighted by Crippen LogP contribution is -2.30. The molecular weight excluding hydrogens is 188 g/mol. The number of rotatable bonds is 5. The number of esters is 1. The fourth-order valence-corrected chi connectivity index (χ4v) is 2.00. The summed E-state index contributed by atoms with van der Waals surface area (Å²) >= 11 is 1.62. The second-order valence-electron chi connectivity index (χ2n) is 3.04. The van der Waals surface area contributed by atoms with E-state index in [1.54, 1.807) is 11.8 Å². The molecule has 13 heavy (non-hydrogen) atoms. The SMILES string of the molecule is COC(=O)C(C(C)=O)C(C)CSC. The first-order chi connectivity index (χ1) is 6.04. The van der Waals surface area contributed by atoms with Gasteiger partial charge in [0.15, 0.2) is 0 Å². The largest absolute Gasteiger partial charge is 0.468 e. The van der Waals surface area contributed by atoms with Crippen LogP contribution in [0.3, 0.4) is 0 Å². The number of ketones is 1. The van der Waals surface area contributed by atoms with Gasteiger partial charge in [-0.15, -0.1) is 0 Å². The van der Waals surface area contributed by atoms with Crippen molar-refractivity contribution >= 4 is 23.5 Å². The van der Waals surface area contributed by atoms with Crippen LogP contribution >= 0.6 is 11.8 Å². The van der Waals surface area contributed by atoms with Crippen LogP contribution in [0.1, 0.15) is 13.8 Å². The topological polar surface area (TPSA) is 43.4 Å². The highest BCUT2D eigenvalue weighted by Crippen LogP contribution is 2.18. The first kappa shape index (κ1) is 12.5. The molecule has 0 bridgehead atoms. The van der Waals surface area contributed by atoms with E-state index in [1.165, 1.54) is 14.0 Å². The van der Waals surface area contributed by atoms with Crippen molar-refractivity contribution in [2.24, 2.45) is 11.8 Å². The van der Waals surface area contributed by atoms with E-state index in [0.29, 0.717) is 0 Å². The average molecular weight is 204 g/mol. The number of hydrogen-bond acceptors (Lipinski definition) is 4. The molecule has 0 aliphatic heterocycles. The molecule has 0 amide bonds. The average Bonchev–Trinajstić information content (AvgIpc) is 2.04. The van der Waals surface area contributed by atoms with Crippen LogP contribution in [-0.2, 0) is 14.3 Å². The highest BCUT2D eigenvalue weighted by Gasteiger charge is 2.29. The molecule has 0 aromatic heterocycles. The van der Waals surface area contributed by atoms with Gasteiger partial charge in [0, 0.05) is 0 Å². The standard InChI is InChI=1S/C9H16O3S/c1-6(5-13-4)8(7(2)10)9(11)12-3/h6,8H,5H2,1-4H3. The lowest BCUT2D eigenvalue weighted by atomic mass is 9.92. The summed E-state index contributed by atoms with van der Waals surface area (Å²) in [6, 6.07) is 0. The normalized spacial score (nSPS) is 14.8. The molecule has 2 atom stereocenters. The Kier molecular flexibility index (Phi) is 5.79. The Morgan fingerprint density at radius 3 is 2.31 bits per heavy atom. The van der Waals surface area contributed by atoms with Crippen molar-refractivity contribution in [1.82, 2.24) is 0 Å². The van der Waals surface area contributed by atoms with Gasteiger partial charge >= 0.3 is 5.97 Å². The van der Waals surface area contributed by atoms with E-state index in [9.17, 15) is 9.59 Å². The number of hydrogen-bond donors (Lipinski definition) is 0. The summed E-state index contributed by atoms with van der Waals surface area (Å²) in [7, 11) is 1.31. The molecule has 4 heteroatoms. The molecule has 0 saturated carbocycles. The predicted octanol–water partition coefficient (Wildman–Crippen LogP) is 1.36. The van der Waals surface area contributed by atoms with Crippen LogP contribution in [0.5, 0.6) is 0 Å². The summed E-state index contributed by atoms with van der Waals surface area (Å²) < 4.78 is 4.57. The summed E-state index contributed by atoms with van der Waals surface area (Å²) in [6.45, 7) is 3.32. The maximum Gasteiger partial charge on any atom is 0.316 e. The zero-order valence-electron chi connectivity index (χ0n) is 8.49. The third-order valence-corrected chi connectivity index (χ3v) is 2.75. The molecule has 3 nitrogen and oxygen atoms in total. The van der Waals surface area contributed by atoms with Gasteiger partial charge in [0.05, 0.1) is 7.11 Å². The molecule has 0 aliphatic carbocycles. The van der Waals surface area contributed by atoms with Crippen molar-refractivity contribution in [3.63, 3.8) is 0 Å². The molecule has 0 aromatic carbocycles. The molecular formula is C9H16O3S. The van der Waals surface area contributed by atoms with Gasteiger partial charge in [-0.2, -0.15) is 11.8 Å². The van der Waals surface area contributed by atoms with Crippen LogP contribution in [0.15, 0.2) is 0 Å². The van der Waals surface area contributed by atoms with Crippen molar-refractivity contribution < 1.29 is 14.3 Å². The lowest BCUT2D eigenvalue weighted by Gasteiger charge is -2.17. The van der Waals surface area contributed by atoms with Crippen LogP contribution in [0, 0.1) is 11.8 Å². The van der Waals surface area contributed by atoms with E-state index >= 15 is 0 Å². The molecule has 0 radical (unpaired) electrons. The molecule has 0 aliphatic rings. The van der Waals surface area contributed by atoms with E-state index in [1.807, 2.05) is 13.2 Å². The highest BCUT2D eigenvalue weighted by atomic mass is 32.2. The second kappa shape index (κ2) is 6.02. The fraction of sp³-hybridized carbons (Fsp3) is 0.778. The number of ether oxygens (including phenoxy) is 1. The highest BCUT2D eigenvalue weighted by molar-refractivity contribution is 7.98. The van der Waals surface area contributed by atoms with Gasteiger partial charge < -0.3 is 4.74 Å². The summed E-state index contributed by atoms with van der Waals surface area (Å²) in [5.41, 5.74) is 0. The Labute approximate surface area is 83.2 Å². The van der Waals surface area contributed by atoms with Crippen LogP contribution in [0.2, 0.25) is 0 Å². The van der Waals surface area contributed by atoms with E-state index in [-0.39, 0.29) is 11.7 Å². The van der Waals surface area contributed by atoms with Crippen molar-refractivity contribution in [2.45, 2.75) is 13.8 Å². The van der Waals surface area contributed by atoms with Crippen molar-refractivity contribution in [2.75, 3.05) is 19.1 Å². The minimum Gasteiger partial charge on any atom is -0.468 e. The van der Waals surface area contributed by atoms with Gasteiger partial charge in [-0.05, 0) is 24.9 Å². The van der Waals surface area contributed by atoms with Gasteiger partial charge in [0.1, 0.15) is 11.7 Å². The monoisotopic (exact) mass is 204 g/mol. The van der Waals surface area contributed by atoms with Crippen LogP contribution < -0.4 is 0 Å². The molecule has 0 aromatic rings. The first-order valence-electron chi connectivity index (χ1n) is 4.11. The van der Waals surface area contributed by atoms with Gasteiger partial charge in [-0.3, -0.25) is 9.59 Å². The molecule has 0 heterocycles. The third-order valence-electron chi connectivity index (χ3n) is 1.89. The zero-order valence-corrected chi connectivity index (χ0v) is 9.31. The van der Waals surface area contributed by atoms with Crippen LogP contribution in [0.25, 0.3) is 0 Å². The molecule has 0 rings (SSSR count).